The van der Waals surface area contributed by atoms with Crippen LogP contribution < -0.4 is 5.73 Å². The van der Waals surface area contributed by atoms with E-state index in [2.05, 4.69) is 4.98 Å². The van der Waals surface area contributed by atoms with Gasteiger partial charge in [-0.3, -0.25) is 4.98 Å². The lowest BCUT2D eigenvalue weighted by Crippen LogP contribution is -2.05. The summed E-state index contributed by atoms with van der Waals surface area (Å²) in [7, 11) is 0. The molecule has 2 rings (SSSR count). The van der Waals surface area contributed by atoms with E-state index in [0.717, 1.165) is 0 Å². The van der Waals surface area contributed by atoms with Gasteiger partial charge in [-0.1, -0.05) is 34.8 Å². The highest BCUT2D eigenvalue weighted by Crippen LogP contribution is 2.36. The minimum Gasteiger partial charge on any atom is -0.478 e. The van der Waals surface area contributed by atoms with Gasteiger partial charge < -0.3 is 10.8 Å². The number of aromatic carboxylic acids is 1. The predicted octanol–water partition coefficient (Wildman–Crippen LogP) is 3.99. The van der Waals surface area contributed by atoms with Crippen molar-refractivity contribution in [2.24, 2.45) is 0 Å². The molecule has 0 atom stereocenters. The van der Waals surface area contributed by atoms with Crippen molar-refractivity contribution in [1.82, 2.24) is 4.98 Å². The van der Waals surface area contributed by atoms with Crippen LogP contribution in [-0.2, 0) is 0 Å². The molecule has 0 bridgehead atoms. The summed E-state index contributed by atoms with van der Waals surface area (Å²) in [4.78, 5) is 15.1. The van der Waals surface area contributed by atoms with Gasteiger partial charge in [0.05, 0.1) is 32.0 Å². The molecule has 1 aromatic heterocycles. The fourth-order valence-corrected chi connectivity index (χ4v) is 2.18. The van der Waals surface area contributed by atoms with Gasteiger partial charge >= 0.3 is 5.97 Å². The number of halogens is 3. The molecule has 0 unspecified atom stereocenters. The maximum Gasteiger partial charge on any atom is 0.337 e. The first kappa shape index (κ1) is 13.9. The van der Waals surface area contributed by atoms with Gasteiger partial charge in [0.15, 0.2) is 0 Å². The predicted molar refractivity (Wildman–Crippen MR) is 76.1 cm³/mol. The molecule has 0 aliphatic heterocycles. The lowest BCUT2D eigenvalue weighted by Gasteiger charge is -2.09. The van der Waals surface area contributed by atoms with Gasteiger partial charge in [-0.2, -0.15) is 0 Å². The summed E-state index contributed by atoms with van der Waals surface area (Å²) in [5.41, 5.74) is 6.59. The molecule has 0 saturated heterocycles. The van der Waals surface area contributed by atoms with Gasteiger partial charge in [-0.25, -0.2) is 4.79 Å². The number of nitrogens with two attached hydrogens (primary N) is 1. The molecule has 1 aromatic carbocycles. The second-order valence-electron chi connectivity index (χ2n) is 3.68. The van der Waals surface area contributed by atoms with Crippen LogP contribution in [-0.4, -0.2) is 16.1 Å². The molecule has 0 radical (unpaired) electrons. The van der Waals surface area contributed by atoms with Crippen LogP contribution in [0.3, 0.4) is 0 Å². The van der Waals surface area contributed by atoms with Crippen molar-refractivity contribution in [3.63, 3.8) is 0 Å². The van der Waals surface area contributed by atoms with Crippen LogP contribution >= 0.6 is 34.8 Å². The second kappa shape index (κ2) is 5.25. The Bertz CT molecular complexity index is 651. The Hall–Kier alpha value is -1.49. The molecule has 0 saturated carbocycles. The summed E-state index contributed by atoms with van der Waals surface area (Å²) in [6.07, 6.45) is 1.35. The number of hydrogen-bond acceptors (Lipinski definition) is 3. The number of rotatable bonds is 2. The maximum atomic E-state index is 11.0. The van der Waals surface area contributed by atoms with E-state index in [-0.39, 0.29) is 26.3 Å². The lowest BCUT2D eigenvalue weighted by atomic mass is 10.1. The molecular weight excluding hydrogens is 311 g/mol. The first-order valence-electron chi connectivity index (χ1n) is 5.04. The van der Waals surface area contributed by atoms with Crippen molar-refractivity contribution < 1.29 is 9.90 Å². The van der Waals surface area contributed by atoms with E-state index in [1.165, 1.54) is 24.4 Å². The van der Waals surface area contributed by atoms with Crippen molar-refractivity contribution in [2.75, 3.05) is 5.73 Å². The summed E-state index contributed by atoms with van der Waals surface area (Å²) in [6, 6.07) is 4.38. The molecule has 1 heterocycles. The fourth-order valence-electron chi connectivity index (χ4n) is 1.58. The number of pyridine rings is 1. The Labute approximate surface area is 123 Å². The highest BCUT2D eigenvalue weighted by Gasteiger charge is 2.15. The number of benzene rings is 1. The normalized spacial score (nSPS) is 10.5. The highest BCUT2D eigenvalue weighted by atomic mass is 35.5. The lowest BCUT2D eigenvalue weighted by molar-refractivity contribution is 0.0698. The molecule has 3 N–H and O–H groups in total. The minimum atomic E-state index is -1.13. The SMILES string of the molecule is Nc1c(C(=O)O)ccnc1-c1cc(Cl)c(Cl)c(Cl)c1. The number of carboxylic acids is 1. The third-order valence-corrected chi connectivity index (χ3v) is 3.67. The smallest absolute Gasteiger partial charge is 0.337 e. The van der Waals surface area contributed by atoms with E-state index in [1.54, 1.807) is 0 Å². The van der Waals surface area contributed by atoms with Crippen molar-refractivity contribution in [1.29, 1.82) is 0 Å². The average Bonchev–Trinajstić information content (AvgIpc) is 2.35. The number of nitrogen functional groups attached to an aromatic ring is 1. The van der Waals surface area contributed by atoms with E-state index in [9.17, 15) is 4.79 Å². The average molecular weight is 318 g/mol. The first-order chi connectivity index (χ1) is 8.91. The van der Waals surface area contributed by atoms with Crippen LogP contribution in [0, 0.1) is 0 Å². The van der Waals surface area contributed by atoms with E-state index in [4.69, 9.17) is 45.6 Å². The highest BCUT2D eigenvalue weighted by molar-refractivity contribution is 6.48. The van der Waals surface area contributed by atoms with Crippen LogP contribution in [0.2, 0.25) is 15.1 Å². The molecule has 98 valence electrons. The topological polar surface area (TPSA) is 76.2 Å². The fraction of sp³-hybridized carbons (Fsp3) is 0. The quantitative estimate of drug-likeness (QED) is 0.821. The molecule has 2 aromatic rings. The van der Waals surface area contributed by atoms with E-state index >= 15 is 0 Å². The number of carboxylic acid groups (broad SMARTS) is 1. The number of anilines is 1. The van der Waals surface area contributed by atoms with Gasteiger partial charge in [0.25, 0.3) is 0 Å². The van der Waals surface area contributed by atoms with Gasteiger partial charge in [0.1, 0.15) is 0 Å². The van der Waals surface area contributed by atoms with E-state index in [1.807, 2.05) is 0 Å². The van der Waals surface area contributed by atoms with Gasteiger partial charge in [0, 0.05) is 11.8 Å². The summed E-state index contributed by atoms with van der Waals surface area (Å²) in [5, 5.41) is 9.72. The molecule has 7 heteroatoms. The Morgan fingerprint density at radius 2 is 1.79 bits per heavy atom. The largest absolute Gasteiger partial charge is 0.478 e. The van der Waals surface area contributed by atoms with Crippen molar-refractivity contribution in [3.8, 4) is 11.3 Å². The Morgan fingerprint density at radius 1 is 1.21 bits per heavy atom. The van der Waals surface area contributed by atoms with Gasteiger partial charge in [-0.15, -0.1) is 0 Å². The van der Waals surface area contributed by atoms with Crippen LogP contribution in [0.25, 0.3) is 11.3 Å². The molecule has 0 aliphatic carbocycles. The number of nitrogens with zero attached hydrogens (tertiary/aromatic N) is 1. The van der Waals surface area contributed by atoms with E-state index in [0.29, 0.717) is 11.3 Å². The summed E-state index contributed by atoms with van der Waals surface area (Å²) in [5.74, 6) is -1.13. The molecule has 4 nitrogen and oxygen atoms in total. The Kier molecular flexibility index (Phi) is 3.85. The van der Waals surface area contributed by atoms with Crippen molar-refractivity contribution in [3.05, 3.63) is 45.0 Å². The molecule has 0 spiro atoms. The number of aromatic nitrogens is 1. The zero-order valence-electron chi connectivity index (χ0n) is 9.32. The van der Waals surface area contributed by atoms with Crippen molar-refractivity contribution >= 4 is 46.5 Å². The van der Waals surface area contributed by atoms with Crippen LogP contribution in [0.15, 0.2) is 24.4 Å². The van der Waals surface area contributed by atoms with Crippen LogP contribution in [0.5, 0.6) is 0 Å². The van der Waals surface area contributed by atoms with Crippen LogP contribution in [0.4, 0.5) is 5.69 Å². The van der Waals surface area contributed by atoms with Crippen LogP contribution in [0.1, 0.15) is 10.4 Å². The molecule has 19 heavy (non-hydrogen) atoms. The Morgan fingerprint density at radius 3 is 2.32 bits per heavy atom. The maximum absolute atomic E-state index is 11.0. The monoisotopic (exact) mass is 316 g/mol. The number of hydrogen-bond donors (Lipinski definition) is 2. The van der Waals surface area contributed by atoms with Gasteiger partial charge in [-0.05, 0) is 18.2 Å². The third kappa shape index (κ3) is 2.61. The molecule has 0 amide bonds. The summed E-state index contributed by atoms with van der Waals surface area (Å²) in [6.45, 7) is 0. The third-order valence-electron chi connectivity index (χ3n) is 2.48. The standard InChI is InChI=1S/C12H7Cl3N2O2/c13-7-3-5(4-8(14)9(7)15)11-10(16)6(12(18)19)1-2-17-11/h1-4H,16H2,(H,18,19). The minimum absolute atomic E-state index is 0.0350. The number of carbonyl (C=O) groups is 1. The van der Waals surface area contributed by atoms with Crippen molar-refractivity contribution in [2.45, 2.75) is 0 Å². The first-order valence-corrected chi connectivity index (χ1v) is 6.18. The molecule has 0 fully saturated rings. The van der Waals surface area contributed by atoms with Gasteiger partial charge in [0.2, 0.25) is 0 Å². The molecular formula is C12H7Cl3N2O2. The summed E-state index contributed by atoms with van der Waals surface area (Å²) < 4.78 is 0. The molecule has 0 aliphatic rings. The second-order valence-corrected chi connectivity index (χ2v) is 4.87. The summed E-state index contributed by atoms with van der Waals surface area (Å²) >= 11 is 17.7. The zero-order chi connectivity index (χ0) is 14.2. The Balaban J connectivity index is 2.66. The zero-order valence-corrected chi connectivity index (χ0v) is 11.6. The van der Waals surface area contributed by atoms with E-state index < -0.39 is 5.97 Å².